The highest BCUT2D eigenvalue weighted by atomic mass is 31.2. The van der Waals surface area contributed by atoms with Crippen molar-refractivity contribution in [3.05, 3.63) is 0 Å². The van der Waals surface area contributed by atoms with E-state index in [9.17, 15) is 43.2 Å². The molecule has 0 heterocycles. The number of carbonyl (C=O) groups is 4. The topological polar surface area (TPSA) is 237 Å². The Hall–Kier alpha value is -1.94. The lowest BCUT2D eigenvalue weighted by Gasteiger charge is -2.21. The third kappa shape index (κ3) is 72.8. The van der Waals surface area contributed by atoms with Gasteiger partial charge in [-0.3, -0.25) is 37.3 Å². The van der Waals surface area contributed by atoms with E-state index in [0.29, 0.717) is 25.7 Å². The average molecular weight is 1450 g/mol. The van der Waals surface area contributed by atoms with Crippen LogP contribution in [0.25, 0.3) is 0 Å². The molecular weight excluding hydrogens is 1290 g/mol. The number of rotatable bonds is 79. The summed E-state index contributed by atoms with van der Waals surface area (Å²) in [6.07, 6.45) is 60.8. The lowest BCUT2D eigenvalue weighted by Crippen LogP contribution is -2.30. The van der Waals surface area contributed by atoms with Gasteiger partial charge >= 0.3 is 39.5 Å². The van der Waals surface area contributed by atoms with E-state index in [0.717, 1.165) is 102 Å². The molecule has 0 aromatic rings. The van der Waals surface area contributed by atoms with Crippen molar-refractivity contribution >= 4 is 39.5 Å². The van der Waals surface area contributed by atoms with E-state index < -0.39 is 97.5 Å². The predicted octanol–water partition coefficient (Wildman–Crippen LogP) is 23.9. The number of ether oxygens (including phenoxy) is 4. The Kier molecular flexibility index (Phi) is 70.3. The lowest BCUT2D eigenvalue weighted by atomic mass is 9.99. The van der Waals surface area contributed by atoms with Gasteiger partial charge in [0.25, 0.3) is 0 Å². The molecule has 6 atom stereocenters. The molecule has 17 nitrogen and oxygen atoms in total. The van der Waals surface area contributed by atoms with E-state index in [1.807, 2.05) is 0 Å². The molecule has 0 spiro atoms. The summed E-state index contributed by atoms with van der Waals surface area (Å²) in [7, 11) is -9.92. The summed E-state index contributed by atoms with van der Waals surface area (Å²) < 4.78 is 68.7. The van der Waals surface area contributed by atoms with Crippen molar-refractivity contribution in [1.29, 1.82) is 0 Å². The molecule has 19 heteroatoms. The summed E-state index contributed by atoms with van der Waals surface area (Å²) in [6, 6.07) is 0. The minimum Gasteiger partial charge on any atom is -0.462 e. The van der Waals surface area contributed by atoms with E-state index in [4.69, 9.17) is 37.0 Å². The number of unbranched alkanes of at least 4 members (excludes halogenated alkanes) is 48. The van der Waals surface area contributed by atoms with Crippen LogP contribution in [0.4, 0.5) is 0 Å². The molecule has 0 aliphatic carbocycles. The van der Waals surface area contributed by atoms with Gasteiger partial charge in [0.1, 0.15) is 19.3 Å². The van der Waals surface area contributed by atoms with Gasteiger partial charge in [0.05, 0.1) is 26.4 Å². The standard InChI is InChI=1S/C80H156O17P2/c1-7-10-12-14-16-18-20-22-24-25-30-33-37-44-50-56-62-77(82)90-68-75(96-80(85)65-59-53-47-39-35-31-27-26-28-32-36-42-48-54-60-72(4)5)70-94-98(86,87)92-66-74(81)67-93-99(88,89)95-71-76(69-91-78(83)63-57-51-45-41-40-43-49-55-61-73(6)9-3)97-79(84)64-58-52-46-38-34-29-23-21-19-17-15-13-11-8-2/h72-76,81H,7-71H2,1-6H3,(H,86,87)(H,88,89)/t73?,74-,75-,76-/m1/s1. The molecule has 0 aliphatic rings. The Morgan fingerprint density at radius 1 is 0.293 bits per heavy atom. The molecule has 0 aliphatic heterocycles. The molecule has 0 aromatic carbocycles. The first kappa shape index (κ1) is 97.1. The first-order valence-electron chi connectivity index (χ1n) is 41.5. The van der Waals surface area contributed by atoms with Crippen molar-refractivity contribution in [3.63, 3.8) is 0 Å². The van der Waals surface area contributed by atoms with E-state index >= 15 is 0 Å². The molecule has 0 aromatic heterocycles. The molecule has 0 saturated carbocycles. The van der Waals surface area contributed by atoms with Gasteiger partial charge in [0, 0.05) is 25.7 Å². The summed E-state index contributed by atoms with van der Waals surface area (Å²) in [5, 5.41) is 10.6. The van der Waals surface area contributed by atoms with Crippen LogP contribution >= 0.6 is 15.6 Å². The number of aliphatic hydroxyl groups is 1. The molecular formula is C80H156O17P2. The molecule has 0 rings (SSSR count). The summed E-state index contributed by atoms with van der Waals surface area (Å²) in [5.41, 5.74) is 0. The van der Waals surface area contributed by atoms with Crippen molar-refractivity contribution < 1.29 is 80.2 Å². The molecule has 588 valence electrons. The molecule has 99 heavy (non-hydrogen) atoms. The number of esters is 4. The van der Waals surface area contributed by atoms with Gasteiger partial charge < -0.3 is 33.8 Å². The molecule has 0 amide bonds. The zero-order chi connectivity index (χ0) is 72.8. The summed E-state index contributed by atoms with van der Waals surface area (Å²) >= 11 is 0. The Bertz CT molecular complexity index is 1910. The van der Waals surface area contributed by atoms with Crippen molar-refractivity contribution in [2.75, 3.05) is 39.6 Å². The normalized spacial score (nSPS) is 14.2. The second-order valence-electron chi connectivity index (χ2n) is 29.5. The largest absolute Gasteiger partial charge is 0.472 e. The molecule has 0 radical (unpaired) electrons. The highest BCUT2D eigenvalue weighted by Crippen LogP contribution is 2.45. The maximum absolute atomic E-state index is 13.1. The Labute approximate surface area is 607 Å². The van der Waals surface area contributed by atoms with Gasteiger partial charge in [-0.05, 0) is 37.5 Å². The highest BCUT2D eigenvalue weighted by molar-refractivity contribution is 7.47. The highest BCUT2D eigenvalue weighted by Gasteiger charge is 2.30. The van der Waals surface area contributed by atoms with Gasteiger partial charge in [-0.25, -0.2) is 9.13 Å². The molecule has 0 saturated heterocycles. The van der Waals surface area contributed by atoms with Crippen LogP contribution in [0.15, 0.2) is 0 Å². The number of hydrogen-bond donors (Lipinski definition) is 3. The summed E-state index contributed by atoms with van der Waals surface area (Å²) in [4.78, 5) is 73.0. The van der Waals surface area contributed by atoms with E-state index in [-0.39, 0.29) is 25.7 Å². The second kappa shape index (κ2) is 71.7. The van der Waals surface area contributed by atoms with Crippen LogP contribution in [-0.4, -0.2) is 96.7 Å². The van der Waals surface area contributed by atoms with Gasteiger partial charge in [0.2, 0.25) is 0 Å². The fourth-order valence-corrected chi connectivity index (χ4v) is 13.9. The van der Waals surface area contributed by atoms with Crippen molar-refractivity contribution in [1.82, 2.24) is 0 Å². The van der Waals surface area contributed by atoms with Crippen LogP contribution in [0.2, 0.25) is 0 Å². The molecule has 3 unspecified atom stereocenters. The van der Waals surface area contributed by atoms with Crippen LogP contribution < -0.4 is 0 Å². The summed E-state index contributed by atoms with van der Waals surface area (Å²) in [6.45, 7) is 9.66. The first-order chi connectivity index (χ1) is 47.9. The van der Waals surface area contributed by atoms with Crippen LogP contribution in [0.1, 0.15) is 420 Å². The average Bonchev–Trinajstić information content (AvgIpc) is 1.08. The smallest absolute Gasteiger partial charge is 0.462 e. The fraction of sp³-hybridized carbons (Fsp3) is 0.950. The van der Waals surface area contributed by atoms with Crippen LogP contribution in [0.3, 0.4) is 0 Å². The zero-order valence-corrected chi connectivity index (χ0v) is 66.6. The quantitative estimate of drug-likeness (QED) is 0.0222. The van der Waals surface area contributed by atoms with Crippen LogP contribution in [0, 0.1) is 11.8 Å². The van der Waals surface area contributed by atoms with Crippen molar-refractivity contribution in [2.24, 2.45) is 11.8 Å². The van der Waals surface area contributed by atoms with Gasteiger partial charge in [0.15, 0.2) is 12.2 Å². The Morgan fingerprint density at radius 3 is 0.768 bits per heavy atom. The van der Waals surface area contributed by atoms with Gasteiger partial charge in [-0.15, -0.1) is 0 Å². The monoisotopic (exact) mass is 1450 g/mol. The first-order valence-corrected chi connectivity index (χ1v) is 44.5. The molecule has 0 bridgehead atoms. The Morgan fingerprint density at radius 2 is 0.515 bits per heavy atom. The third-order valence-electron chi connectivity index (χ3n) is 19.1. The fourth-order valence-electron chi connectivity index (χ4n) is 12.3. The van der Waals surface area contributed by atoms with Crippen LogP contribution in [0.5, 0.6) is 0 Å². The lowest BCUT2D eigenvalue weighted by molar-refractivity contribution is -0.161. The molecule has 0 fully saturated rings. The number of aliphatic hydroxyl groups excluding tert-OH is 1. The maximum atomic E-state index is 13.1. The number of phosphoric acid groups is 2. The minimum atomic E-state index is -4.96. The van der Waals surface area contributed by atoms with E-state index in [1.54, 1.807) is 0 Å². The van der Waals surface area contributed by atoms with Crippen LogP contribution in [-0.2, 0) is 65.4 Å². The number of phosphoric ester groups is 2. The van der Waals surface area contributed by atoms with E-state index in [2.05, 4.69) is 41.5 Å². The van der Waals surface area contributed by atoms with E-state index in [1.165, 1.54) is 238 Å². The second-order valence-corrected chi connectivity index (χ2v) is 32.4. The molecule has 3 N–H and O–H groups in total. The predicted molar refractivity (Wildman–Crippen MR) is 405 cm³/mol. The maximum Gasteiger partial charge on any atom is 0.472 e. The Balaban J connectivity index is 5.27. The zero-order valence-electron chi connectivity index (χ0n) is 64.8. The number of hydrogen-bond acceptors (Lipinski definition) is 15. The SMILES string of the molecule is CCCCCCCCCCCCCCCCCCC(=O)OC[C@H](COP(=O)(O)OC[C@@H](O)COP(=O)(O)OC[C@@H](COC(=O)CCCCCCCCCCC(C)CC)OC(=O)CCCCCCCCCCCCCCCC)OC(=O)CCCCCCCCCCCCCCCCC(C)C. The van der Waals surface area contributed by atoms with Gasteiger partial charge in [-0.2, -0.15) is 0 Å². The van der Waals surface area contributed by atoms with Crippen molar-refractivity contribution in [3.8, 4) is 0 Å². The third-order valence-corrected chi connectivity index (χ3v) is 21.0. The summed E-state index contributed by atoms with van der Waals surface area (Å²) in [5.74, 6) is -0.535. The van der Waals surface area contributed by atoms with Gasteiger partial charge in [-0.1, -0.05) is 369 Å². The number of carbonyl (C=O) groups excluding carboxylic acids is 4. The van der Waals surface area contributed by atoms with Crippen molar-refractivity contribution in [2.45, 2.75) is 439 Å². The minimum absolute atomic E-state index is 0.108.